The number of carbonyl (C=O) groups is 2. The van der Waals surface area contributed by atoms with Crippen LogP contribution in [-0.2, 0) is 9.59 Å². The average Bonchev–Trinajstić information content (AvgIpc) is 2.15. The zero-order valence-corrected chi connectivity index (χ0v) is 10.5. The maximum Gasteiger partial charge on any atom is 0.146 e. The monoisotopic (exact) mass is 306 g/mol. The van der Waals surface area contributed by atoms with E-state index in [1.165, 1.54) is 0 Å². The van der Waals surface area contributed by atoms with Crippen LogP contribution in [0.5, 0.6) is 0 Å². The number of carbonyl (C=O) groups excluding carboxylic acids is 2. The number of hydrogen-bond acceptors (Lipinski definition) is 2. The minimum atomic E-state index is -0.722. The van der Waals surface area contributed by atoms with E-state index in [0.29, 0.717) is 19.3 Å². The van der Waals surface area contributed by atoms with Crippen LogP contribution in [0.3, 0.4) is 0 Å². The highest BCUT2D eigenvalue weighted by Crippen LogP contribution is 2.33. The predicted molar refractivity (Wildman–Crippen MR) is 64.6 cm³/mol. The van der Waals surface area contributed by atoms with Crippen molar-refractivity contribution in [2.45, 2.75) is 32.6 Å². The van der Waals surface area contributed by atoms with Crippen molar-refractivity contribution in [3.8, 4) is 0 Å². The molecule has 0 aromatic heterocycles. The Labute approximate surface area is 98.3 Å². The fourth-order valence-corrected chi connectivity index (χ4v) is 2.09. The molecule has 0 aliphatic heterocycles. The Bertz CT molecular complexity index is 252. The number of allylic oxidation sites excluding steroid dienone is 2. The highest BCUT2D eigenvalue weighted by molar-refractivity contribution is 14.1. The lowest BCUT2D eigenvalue weighted by Crippen LogP contribution is -2.39. The van der Waals surface area contributed by atoms with E-state index in [2.05, 4.69) is 22.6 Å². The van der Waals surface area contributed by atoms with Crippen LogP contribution < -0.4 is 0 Å². The number of halogens is 1. The Morgan fingerprint density at radius 2 is 1.86 bits per heavy atom. The van der Waals surface area contributed by atoms with Crippen LogP contribution in [0.2, 0.25) is 0 Å². The van der Waals surface area contributed by atoms with Gasteiger partial charge in [-0.2, -0.15) is 0 Å². The summed E-state index contributed by atoms with van der Waals surface area (Å²) >= 11 is 2.24. The minimum Gasteiger partial charge on any atom is -0.299 e. The first-order chi connectivity index (χ1) is 6.61. The molecule has 1 aliphatic carbocycles. The summed E-state index contributed by atoms with van der Waals surface area (Å²) in [5, 5.41) is 0. The Morgan fingerprint density at radius 3 is 2.36 bits per heavy atom. The molecule has 2 nitrogen and oxygen atoms in total. The van der Waals surface area contributed by atoms with Gasteiger partial charge in [0.2, 0.25) is 0 Å². The topological polar surface area (TPSA) is 34.1 Å². The number of ketones is 2. The summed E-state index contributed by atoms with van der Waals surface area (Å²) in [6.07, 6.45) is 6.41. The van der Waals surface area contributed by atoms with Gasteiger partial charge in [0, 0.05) is 17.3 Å². The van der Waals surface area contributed by atoms with Gasteiger partial charge in [0.05, 0.1) is 5.41 Å². The third kappa shape index (κ3) is 2.43. The highest BCUT2D eigenvalue weighted by Gasteiger charge is 2.41. The lowest BCUT2D eigenvalue weighted by Gasteiger charge is -2.29. The summed E-state index contributed by atoms with van der Waals surface area (Å²) < 4.78 is 0.927. The smallest absolute Gasteiger partial charge is 0.146 e. The molecule has 0 aromatic carbocycles. The molecule has 3 heteroatoms. The van der Waals surface area contributed by atoms with Gasteiger partial charge in [-0.3, -0.25) is 9.59 Å². The molecule has 1 rings (SSSR count). The molecular weight excluding hydrogens is 291 g/mol. The second kappa shape index (κ2) is 5.05. The highest BCUT2D eigenvalue weighted by atomic mass is 127. The van der Waals surface area contributed by atoms with Gasteiger partial charge in [-0.05, 0) is 19.8 Å². The summed E-state index contributed by atoms with van der Waals surface area (Å²) in [6.45, 7) is 1.79. The summed E-state index contributed by atoms with van der Waals surface area (Å²) in [5.41, 5.74) is -0.722. The normalized spacial score (nSPS) is 21.9. The van der Waals surface area contributed by atoms with Crippen LogP contribution in [0.1, 0.15) is 32.6 Å². The van der Waals surface area contributed by atoms with Gasteiger partial charge in [0.1, 0.15) is 11.6 Å². The molecule has 0 radical (unpaired) electrons. The second-order valence-corrected chi connectivity index (χ2v) is 4.74. The number of alkyl halides is 1. The van der Waals surface area contributed by atoms with Crippen LogP contribution in [0.4, 0.5) is 0 Å². The minimum absolute atomic E-state index is 0.117. The van der Waals surface area contributed by atoms with Crippen LogP contribution in [-0.4, -0.2) is 16.0 Å². The molecule has 0 bridgehead atoms. The molecule has 14 heavy (non-hydrogen) atoms. The van der Waals surface area contributed by atoms with Gasteiger partial charge in [0.25, 0.3) is 0 Å². The van der Waals surface area contributed by atoms with E-state index in [1.54, 1.807) is 6.92 Å². The van der Waals surface area contributed by atoms with Crippen molar-refractivity contribution < 1.29 is 9.59 Å². The number of Topliss-reactive ketones (excluding diaryl/α,β-unsaturated/α-hetero) is 2. The van der Waals surface area contributed by atoms with Crippen molar-refractivity contribution in [1.82, 2.24) is 0 Å². The van der Waals surface area contributed by atoms with Crippen LogP contribution >= 0.6 is 22.6 Å². The number of rotatable bonds is 3. The molecule has 1 fully saturated rings. The average molecular weight is 306 g/mol. The maximum atomic E-state index is 11.7. The third-order valence-electron chi connectivity index (χ3n) is 2.82. The first-order valence-corrected chi connectivity index (χ1v) is 6.41. The summed E-state index contributed by atoms with van der Waals surface area (Å²) in [7, 11) is 0. The van der Waals surface area contributed by atoms with E-state index in [4.69, 9.17) is 0 Å². The molecule has 0 heterocycles. The second-order valence-electron chi connectivity index (χ2n) is 3.86. The summed E-state index contributed by atoms with van der Waals surface area (Å²) in [4.78, 5) is 23.3. The standard InChI is InChI=1S/C11H15IO2/c1-11(7-2-3-8-12)9(13)5-4-6-10(11)14/h2-3H,4-8H2,1H3/b3-2+. The van der Waals surface area contributed by atoms with Gasteiger partial charge >= 0.3 is 0 Å². The molecule has 0 unspecified atom stereocenters. The molecule has 0 spiro atoms. The van der Waals surface area contributed by atoms with E-state index in [9.17, 15) is 9.59 Å². The van der Waals surface area contributed by atoms with Crippen molar-refractivity contribution in [2.75, 3.05) is 4.43 Å². The molecule has 0 saturated heterocycles. The van der Waals surface area contributed by atoms with Crippen LogP contribution in [0, 0.1) is 5.41 Å². The Morgan fingerprint density at radius 1 is 1.29 bits per heavy atom. The first-order valence-electron chi connectivity index (χ1n) is 4.89. The quantitative estimate of drug-likeness (QED) is 0.348. The molecule has 0 atom stereocenters. The fraction of sp³-hybridized carbons (Fsp3) is 0.636. The summed E-state index contributed by atoms with van der Waals surface area (Å²) in [5.74, 6) is 0.235. The van der Waals surface area contributed by atoms with Crippen LogP contribution in [0.25, 0.3) is 0 Å². The lowest BCUT2D eigenvalue weighted by molar-refractivity contribution is -0.142. The van der Waals surface area contributed by atoms with Crippen molar-refractivity contribution in [1.29, 1.82) is 0 Å². The molecule has 1 saturated carbocycles. The SMILES string of the molecule is CC1(C/C=C/CI)C(=O)CCCC1=O. The fourth-order valence-electron chi connectivity index (χ4n) is 1.73. The maximum absolute atomic E-state index is 11.7. The van der Waals surface area contributed by atoms with E-state index in [0.717, 1.165) is 10.8 Å². The van der Waals surface area contributed by atoms with Gasteiger partial charge in [-0.15, -0.1) is 0 Å². The third-order valence-corrected chi connectivity index (χ3v) is 3.33. The summed E-state index contributed by atoms with van der Waals surface area (Å²) in [6, 6.07) is 0. The van der Waals surface area contributed by atoms with Crippen molar-refractivity contribution in [2.24, 2.45) is 5.41 Å². The van der Waals surface area contributed by atoms with Crippen LogP contribution in [0.15, 0.2) is 12.2 Å². The Balaban J connectivity index is 2.72. The molecule has 0 aromatic rings. The number of hydrogen-bond donors (Lipinski definition) is 0. The lowest BCUT2D eigenvalue weighted by atomic mass is 9.71. The molecule has 0 amide bonds. The predicted octanol–water partition coefficient (Wildman–Crippen LogP) is 2.70. The molecule has 1 aliphatic rings. The van der Waals surface area contributed by atoms with E-state index in [-0.39, 0.29) is 11.6 Å². The van der Waals surface area contributed by atoms with Crippen molar-refractivity contribution >= 4 is 34.2 Å². The Hall–Kier alpha value is -0.190. The van der Waals surface area contributed by atoms with E-state index in [1.807, 2.05) is 12.2 Å². The van der Waals surface area contributed by atoms with Crippen molar-refractivity contribution in [3.05, 3.63) is 12.2 Å². The zero-order chi connectivity index (χ0) is 10.6. The van der Waals surface area contributed by atoms with E-state index >= 15 is 0 Å². The largest absolute Gasteiger partial charge is 0.299 e. The Kier molecular flexibility index (Phi) is 4.29. The zero-order valence-electron chi connectivity index (χ0n) is 8.38. The first kappa shape index (κ1) is 11.9. The molecule has 78 valence electrons. The van der Waals surface area contributed by atoms with Gasteiger partial charge < -0.3 is 0 Å². The molecule has 0 N–H and O–H groups in total. The van der Waals surface area contributed by atoms with Gasteiger partial charge in [-0.1, -0.05) is 34.7 Å². The van der Waals surface area contributed by atoms with Gasteiger partial charge in [0.15, 0.2) is 0 Å². The van der Waals surface area contributed by atoms with Gasteiger partial charge in [-0.25, -0.2) is 0 Å². The van der Waals surface area contributed by atoms with Crippen molar-refractivity contribution in [3.63, 3.8) is 0 Å². The molecular formula is C11H15IO2. The van der Waals surface area contributed by atoms with E-state index < -0.39 is 5.41 Å².